The summed E-state index contributed by atoms with van der Waals surface area (Å²) in [5, 5.41) is 18.5. The molecule has 2 aliphatic heterocycles. The average Bonchev–Trinajstić information content (AvgIpc) is 3.07. The van der Waals surface area contributed by atoms with Gasteiger partial charge in [-0.05, 0) is 52.2 Å². The van der Waals surface area contributed by atoms with Gasteiger partial charge in [-0.1, -0.05) is 30.4 Å². The number of nitriles is 1. The van der Waals surface area contributed by atoms with E-state index in [2.05, 4.69) is 11.0 Å². The van der Waals surface area contributed by atoms with Crippen LogP contribution in [0.25, 0.3) is 6.08 Å². The van der Waals surface area contributed by atoms with Gasteiger partial charge in [-0.25, -0.2) is 0 Å². The number of morpholine rings is 1. The second-order valence-corrected chi connectivity index (χ2v) is 10.8. The summed E-state index contributed by atoms with van der Waals surface area (Å²) in [5.41, 5.74) is 0.921. The molecule has 3 heterocycles. The van der Waals surface area contributed by atoms with Crippen LogP contribution in [-0.4, -0.2) is 62.6 Å². The molecule has 2 unspecified atom stereocenters. The second kappa shape index (κ2) is 12.0. The number of carboxylic acids is 1. The van der Waals surface area contributed by atoms with Crippen LogP contribution in [0.1, 0.15) is 63.1 Å². The number of ether oxygens (including phenoxy) is 1. The van der Waals surface area contributed by atoms with Gasteiger partial charge in [-0.2, -0.15) is 5.26 Å². The molecule has 0 radical (unpaired) electrons. The first kappa shape index (κ1) is 27.9. The molecule has 2 fully saturated rings. The van der Waals surface area contributed by atoms with E-state index in [1.165, 1.54) is 11.8 Å². The van der Waals surface area contributed by atoms with Crippen molar-refractivity contribution in [1.29, 1.82) is 5.26 Å². The molecule has 0 aliphatic carbocycles. The molecule has 0 bridgehead atoms. The summed E-state index contributed by atoms with van der Waals surface area (Å²) in [6.07, 6.45) is 3.66. The monoisotopic (exact) mass is 532 g/mol. The lowest BCUT2D eigenvalue weighted by Crippen LogP contribution is -2.48. The fourth-order valence-corrected chi connectivity index (χ4v) is 5.97. The van der Waals surface area contributed by atoms with Gasteiger partial charge in [-0.3, -0.25) is 23.9 Å². The third kappa shape index (κ3) is 5.99. The standard InChI is InChI=1S/C25H32N4O5S2/c1-5-28-22(27-13-15(2)34-16(3)14-27)18(17(4)19(12-26)23(28)32)11-20-24(33)29(25(35)36-20)10-8-6-7-9-21(30)31/h11,15-16H,5-10,13-14H2,1-4H3,(H,30,31)/b20-11-. The minimum absolute atomic E-state index is 0.0442. The SMILES string of the molecule is CCn1c(N2CC(C)OC(C)C2)c(/C=C2\SC(=S)N(CCCCCC(=O)O)C2=O)c(C)c(C#N)c1=O. The van der Waals surface area contributed by atoms with Crippen molar-refractivity contribution in [3.05, 3.63) is 31.9 Å². The maximum atomic E-state index is 13.3. The zero-order valence-electron chi connectivity index (χ0n) is 21.1. The molecule has 0 spiro atoms. The molecule has 2 atom stereocenters. The molecule has 0 aromatic carbocycles. The Labute approximate surface area is 220 Å². The molecule has 3 rings (SSSR count). The number of carbonyl (C=O) groups is 2. The Hall–Kier alpha value is -2.68. The predicted octanol–water partition coefficient (Wildman–Crippen LogP) is 3.51. The zero-order valence-corrected chi connectivity index (χ0v) is 22.7. The number of hydrogen-bond donors (Lipinski definition) is 1. The number of rotatable bonds is 9. The Morgan fingerprint density at radius 3 is 2.50 bits per heavy atom. The van der Waals surface area contributed by atoms with Gasteiger partial charge in [0.05, 0.1) is 17.1 Å². The van der Waals surface area contributed by atoms with Crippen LogP contribution in [0.4, 0.5) is 5.82 Å². The lowest BCUT2D eigenvalue weighted by Gasteiger charge is -2.39. The highest BCUT2D eigenvalue weighted by Gasteiger charge is 2.34. The molecule has 0 saturated carbocycles. The smallest absolute Gasteiger partial charge is 0.303 e. The number of nitrogens with zero attached hydrogens (tertiary/aromatic N) is 4. The van der Waals surface area contributed by atoms with E-state index >= 15 is 0 Å². The Kier molecular flexibility index (Phi) is 9.33. The molecular weight excluding hydrogens is 500 g/mol. The van der Waals surface area contributed by atoms with Crippen molar-refractivity contribution in [3.63, 3.8) is 0 Å². The lowest BCUT2D eigenvalue weighted by molar-refractivity contribution is -0.137. The minimum atomic E-state index is -0.830. The van der Waals surface area contributed by atoms with E-state index in [0.29, 0.717) is 71.6 Å². The van der Waals surface area contributed by atoms with Crippen LogP contribution in [0.15, 0.2) is 9.70 Å². The van der Waals surface area contributed by atoms with Crippen molar-refractivity contribution in [1.82, 2.24) is 9.47 Å². The first-order valence-electron chi connectivity index (χ1n) is 12.1. The molecule has 11 heteroatoms. The summed E-state index contributed by atoms with van der Waals surface area (Å²) in [6, 6.07) is 2.05. The van der Waals surface area contributed by atoms with Crippen molar-refractivity contribution in [2.75, 3.05) is 24.5 Å². The van der Waals surface area contributed by atoms with Crippen molar-refractivity contribution in [3.8, 4) is 6.07 Å². The van der Waals surface area contributed by atoms with Gasteiger partial charge in [0, 0.05) is 38.2 Å². The predicted molar refractivity (Wildman–Crippen MR) is 144 cm³/mol. The Bertz CT molecular complexity index is 1180. The van der Waals surface area contributed by atoms with Crippen LogP contribution in [-0.2, 0) is 20.9 Å². The van der Waals surface area contributed by atoms with Crippen LogP contribution in [0, 0.1) is 18.3 Å². The van der Waals surface area contributed by atoms with E-state index in [9.17, 15) is 19.6 Å². The van der Waals surface area contributed by atoms with Gasteiger partial charge < -0.3 is 14.7 Å². The van der Waals surface area contributed by atoms with E-state index in [-0.39, 0.29) is 35.7 Å². The van der Waals surface area contributed by atoms with Crippen LogP contribution >= 0.6 is 24.0 Å². The normalized spacial score (nSPS) is 21.4. The van der Waals surface area contributed by atoms with Gasteiger partial charge >= 0.3 is 5.97 Å². The van der Waals surface area contributed by atoms with Crippen LogP contribution in [0.2, 0.25) is 0 Å². The largest absolute Gasteiger partial charge is 0.481 e. The number of unbranched alkanes of at least 4 members (excludes halogenated alkanes) is 2. The number of anilines is 1. The third-order valence-electron chi connectivity index (χ3n) is 6.30. The highest BCUT2D eigenvalue weighted by atomic mass is 32.2. The quantitative estimate of drug-likeness (QED) is 0.290. The van der Waals surface area contributed by atoms with Crippen LogP contribution in [0.3, 0.4) is 0 Å². The van der Waals surface area contributed by atoms with Crippen LogP contribution in [0.5, 0.6) is 0 Å². The lowest BCUT2D eigenvalue weighted by atomic mass is 10.0. The number of carboxylic acid groups (broad SMARTS) is 1. The fraction of sp³-hybridized carbons (Fsp3) is 0.560. The second-order valence-electron chi connectivity index (χ2n) is 9.10. The van der Waals surface area contributed by atoms with Gasteiger partial charge in [0.15, 0.2) is 0 Å². The van der Waals surface area contributed by atoms with Crippen molar-refractivity contribution < 1.29 is 19.4 Å². The van der Waals surface area contributed by atoms with E-state index in [1.54, 1.807) is 22.5 Å². The molecule has 1 aromatic rings. The summed E-state index contributed by atoms with van der Waals surface area (Å²) in [5.74, 6) is -0.367. The Morgan fingerprint density at radius 2 is 1.92 bits per heavy atom. The van der Waals surface area contributed by atoms with Crippen LogP contribution < -0.4 is 10.5 Å². The number of pyridine rings is 1. The van der Waals surface area contributed by atoms with Crippen molar-refractivity contribution >= 4 is 52.1 Å². The number of thiocarbonyl (C=S) groups is 1. The summed E-state index contributed by atoms with van der Waals surface area (Å²) in [7, 11) is 0. The molecule has 9 nitrogen and oxygen atoms in total. The number of hydrogen-bond acceptors (Lipinski definition) is 8. The molecule has 1 aromatic heterocycles. The molecule has 1 amide bonds. The number of amides is 1. The summed E-state index contributed by atoms with van der Waals surface area (Å²) >= 11 is 6.67. The Balaban J connectivity index is 2.00. The summed E-state index contributed by atoms with van der Waals surface area (Å²) in [4.78, 5) is 41.2. The zero-order chi connectivity index (χ0) is 26.6. The highest BCUT2D eigenvalue weighted by Crippen LogP contribution is 2.36. The maximum Gasteiger partial charge on any atom is 0.303 e. The number of carbonyl (C=O) groups excluding carboxylic acids is 1. The third-order valence-corrected chi connectivity index (χ3v) is 7.68. The summed E-state index contributed by atoms with van der Waals surface area (Å²) < 4.78 is 7.94. The molecule has 194 valence electrons. The van der Waals surface area contributed by atoms with E-state index in [0.717, 1.165) is 0 Å². The van der Waals surface area contributed by atoms with Crippen molar-refractivity contribution in [2.24, 2.45) is 0 Å². The number of thioether (sulfide) groups is 1. The molecule has 2 saturated heterocycles. The highest BCUT2D eigenvalue weighted by molar-refractivity contribution is 8.26. The number of aliphatic carboxylic acids is 1. The first-order chi connectivity index (χ1) is 17.1. The molecule has 36 heavy (non-hydrogen) atoms. The topological polar surface area (TPSA) is 116 Å². The fourth-order valence-electron chi connectivity index (χ4n) is 4.68. The van der Waals surface area contributed by atoms with E-state index in [1.807, 2.05) is 20.8 Å². The Morgan fingerprint density at radius 1 is 1.25 bits per heavy atom. The van der Waals surface area contributed by atoms with Gasteiger partial charge in [0.2, 0.25) is 0 Å². The van der Waals surface area contributed by atoms with E-state index in [4.69, 9.17) is 22.1 Å². The average molecular weight is 533 g/mol. The molecule has 2 aliphatic rings. The molecule has 1 N–H and O–H groups in total. The minimum Gasteiger partial charge on any atom is -0.481 e. The van der Waals surface area contributed by atoms with Crippen molar-refractivity contribution in [2.45, 2.75) is 72.1 Å². The van der Waals surface area contributed by atoms with Gasteiger partial charge in [0.25, 0.3) is 11.5 Å². The maximum absolute atomic E-state index is 13.3. The number of aromatic nitrogens is 1. The molecular formula is C25H32N4O5S2. The summed E-state index contributed by atoms with van der Waals surface area (Å²) in [6.45, 7) is 9.52. The van der Waals surface area contributed by atoms with E-state index < -0.39 is 5.97 Å². The van der Waals surface area contributed by atoms with Gasteiger partial charge in [-0.15, -0.1) is 0 Å². The first-order valence-corrected chi connectivity index (χ1v) is 13.4. The van der Waals surface area contributed by atoms with Gasteiger partial charge in [0.1, 0.15) is 21.8 Å².